The lowest BCUT2D eigenvalue weighted by Crippen LogP contribution is -2.45. The minimum atomic E-state index is -4.49. The van der Waals surface area contributed by atoms with Crippen LogP contribution in [0.15, 0.2) is 59.1 Å². The molecule has 0 saturated carbocycles. The molecule has 0 bridgehead atoms. The molecule has 1 amide bonds. The Morgan fingerprint density at radius 1 is 1.19 bits per heavy atom. The van der Waals surface area contributed by atoms with Crippen LogP contribution in [-0.2, 0) is 17.5 Å². The van der Waals surface area contributed by atoms with E-state index in [0.29, 0.717) is 21.6 Å². The monoisotopic (exact) mass is 511 g/mol. The number of fused-ring (bicyclic) bond motifs is 1. The van der Waals surface area contributed by atoms with Crippen LogP contribution in [0.1, 0.15) is 29.2 Å². The Labute approximate surface area is 210 Å². The zero-order valence-corrected chi connectivity index (χ0v) is 20.4. The molecule has 1 fully saturated rings. The summed E-state index contributed by atoms with van der Waals surface area (Å²) in [4.78, 5) is 19.3. The first-order valence-corrected chi connectivity index (χ1v) is 12.3. The van der Waals surface area contributed by atoms with Gasteiger partial charge in [0, 0.05) is 31.6 Å². The summed E-state index contributed by atoms with van der Waals surface area (Å²) in [5, 5.41) is 9.11. The summed E-state index contributed by atoms with van der Waals surface area (Å²) in [6, 6.07) is 9.79. The molecule has 1 saturated heterocycles. The molecule has 0 unspecified atom stereocenters. The van der Waals surface area contributed by atoms with Crippen molar-refractivity contribution < 1.29 is 18.0 Å². The van der Waals surface area contributed by atoms with Gasteiger partial charge in [0.15, 0.2) is 5.17 Å². The molecule has 3 heterocycles. The summed E-state index contributed by atoms with van der Waals surface area (Å²) < 4.78 is 42.8. The van der Waals surface area contributed by atoms with E-state index in [2.05, 4.69) is 26.9 Å². The van der Waals surface area contributed by atoms with Gasteiger partial charge in [0.2, 0.25) is 0 Å². The van der Waals surface area contributed by atoms with Gasteiger partial charge in [0.05, 0.1) is 28.7 Å². The van der Waals surface area contributed by atoms with Crippen molar-refractivity contribution in [3.05, 3.63) is 76.3 Å². The second-order valence-electron chi connectivity index (χ2n) is 8.82. The number of amidine groups is 1. The Morgan fingerprint density at radius 3 is 2.69 bits per heavy atom. The average molecular weight is 512 g/mol. The number of carbonyl (C=O) groups excluding carboxylic acids is 1. The quantitative estimate of drug-likeness (QED) is 0.499. The highest BCUT2D eigenvalue weighted by Gasteiger charge is 2.34. The molecule has 6 nitrogen and oxygen atoms in total. The van der Waals surface area contributed by atoms with E-state index in [-0.39, 0.29) is 18.0 Å². The van der Waals surface area contributed by atoms with E-state index < -0.39 is 11.7 Å². The first-order valence-electron chi connectivity index (χ1n) is 11.5. The molecule has 5 rings (SSSR count). The van der Waals surface area contributed by atoms with E-state index in [1.807, 2.05) is 18.2 Å². The van der Waals surface area contributed by atoms with Crippen molar-refractivity contribution in [1.82, 2.24) is 20.0 Å². The number of nitrogens with zero attached hydrogens (tertiary/aromatic N) is 4. The topological polar surface area (TPSA) is 62.5 Å². The Bertz CT molecular complexity index is 1420. The fourth-order valence-corrected chi connectivity index (χ4v) is 5.23. The number of halogens is 3. The second kappa shape index (κ2) is 9.59. The zero-order chi connectivity index (χ0) is 25.4. The summed E-state index contributed by atoms with van der Waals surface area (Å²) in [7, 11) is 0. The summed E-state index contributed by atoms with van der Waals surface area (Å²) in [6.45, 7) is 8.74. The molecular weight excluding hydrogens is 487 g/mol. The number of amides is 1. The third-order valence-corrected chi connectivity index (χ3v) is 7.23. The number of benzene rings is 2. The lowest BCUT2D eigenvalue weighted by Gasteiger charge is -2.27. The van der Waals surface area contributed by atoms with E-state index in [1.54, 1.807) is 29.9 Å². The van der Waals surface area contributed by atoms with Crippen molar-refractivity contribution in [2.75, 3.05) is 26.2 Å². The van der Waals surface area contributed by atoms with Crippen LogP contribution in [0.25, 0.3) is 22.6 Å². The lowest BCUT2D eigenvalue weighted by molar-refractivity contribution is -0.138. The third-order valence-electron chi connectivity index (χ3n) is 6.19. The number of carbonyl (C=O) groups is 1. The number of rotatable bonds is 4. The molecular formula is C26H24F3N5OS. The SMILES string of the molecule is C=C(C)c1ccc(Cn2ncc3cc(/C=C4\SC(N5CCNCC5)=NC4=O)ccc32)c(C(F)(F)F)c1. The largest absolute Gasteiger partial charge is 0.416 e. The number of allylic oxidation sites excluding steroid dienone is 1. The molecule has 1 N–H and O–H groups in total. The molecule has 2 aliphatic rings. The highest BCUT2D eigenvalue weighted by atomic mass is 32.2. The number of hydrogen-bond donors (Lipinski definition) is 1. The molecule has 10 heteroatoms. The van der Waals surface area contributed by atoms with Gasteiger partial charge in [-0.25, -0.2) is 0 Å². The molecule has 2 aromatic carbocycles. The summed E-state index contributed by atoms with van der Waals surface area (Å²) in [5.74, 6) is -0.262. The Morgan fingerprint density at radius 2 is 1.97 bits per heavy atom. The van der Waals surface area contributed by atoms with Gasteiger partial charge >= 0.3 is 6.18 Å². The van der Waals surface area contributed by atoms with Gasteiger partial charge in [-0.1, -0.05) is 30.4 Å². The standard InChI is InChI=1S/C26H24F3N5OS/c1-16(2)18-4-5-19(21(13-18)26(27,28)29)15-34-22-6-3-17(11-20(22)14-31-34)12-23-24(35)32-25(36-23)33-9-7-30-8-10-33/h3-6,11-14,30H,1,7-10,15H2,2H3/b23-12-. The summed E-state index contributed by atoms with van der Waals surface area (Å²) >= 11 is 1.37. The van der Waals surface area contributed by atoms with Crippen LogP contribution < -0.4 is 5.32 Å². The minimum absolute atomic E-state index is 0.0223. The third kappa shape index (κ3) is 4.96. The molecule has 0 spiro atoms. The number of alkyl halides is 3. The van der Waals surface area contributed by atoms with Crippen LogP contribution in [0, 0.1) is 0 Å². The van der Waals surface area contributed by atoms with Crippen LogP contribution in [0.3, 0.4) is 0 Å². The van der Waals surface area contributed by atoms with Crippen molar-refractivity contribution in [2.24, 2.45) is 4.99 Å². The number of thioether (sulfide) groups is 1. The van der Waals surface area contributed by atoms with Gasteiger partial charge in [-0.05, 0) is 59.7 Å². The fraction of sp³-hybridized carbons (Fsp3) is 0.269. The summed E-state index contributed by atoms with van der Waals surface area (Å²) in [6.07, 6.45) is -1.07. The van der Waals surface area contributed by atoms with Gasteiger partial charge in [-0.2, -0.15) is 23.3 Å². The molecule has 0 radical (unpaired) electrons. The Balaban J connectivity index is 1.38. The van der Waals surface area contributed by atoms with E-state index >= 15 is 0 Å². The minimum Gasteiger partial charge on any atom is -0.348 e. The van der Waals surface area contributed by atoms with Crippen LogP contribution in [0.4, 0.5) is 13.2 Å². The molecule has 1 aromatic heterocycles. The first-order chi connectivity index (χ1) is 17.2. The summed E-state index contributed by atoms with van der Waals surface area (Å²) in [5.41, 5.74) is 1.98. The van der Waals surface area contributed by atoms with Crippen molar-refractivity contribution in [3.8, 4) is 0 Å². The highest BCUT2D eigenvalue weighted by Crippen LogP contribution is 2.35. The smallest absolute Gasteiger partial charge is 0.348 e. The molecule has 36 heavy (non-hydrogen) atoms. The van der Waals surface area contributed by atoms with Crippen LogP contribution in [-0.4, -0.2) is 51.9 Å². The van der Waals surface area contributed by atoms with Crippen LogP contribution in [0.5, 0.6) is 0 Å². The van der Waals surface area contributed by atoms with E-state index in [4.69, 9.17) is 0 Å². The number of aromatic nitrogens is 2. The second-order valence-corrected chi connectivity index (χ2v) is 9.83. The maximum atomic E-state index is 13.7. The van der Waals surface area contributed by atoms with Gasteiger partial charge in [0.1, 0.15) is 0 Å². The first kappa shape index (κ1) is 24.3. The maximum absolute atomic E-state index is 13.7. The Kier molecular flexibility index (Phi) is 6.48. The highest BCUT2D eigenvalue weighted by molar-refractivity contribution is 8.18. The molecule has 2 aliphatic heterocycles. The van der Waals surface area contributed by atoms with Crippen molar-refractivity contribution in [2.45, 2.75) is 19.6 Å². The number of nitrogens with one attached hydrogen (secondary N) is 1. The number of piperazine rings is 1. The predicted molar refractivity (Wildman–Crippen MR) is 137 cm³/mol. The van der Waals surface area contributed by atoms with Crippen molar-refractivity contribution in [3.63, 3.8) is 0 Å². The number of hydrogen-bond acceptors (Lipinski definition) is 5. The molecule has 186 valence electrons. The number of aliphatic imine (C=N–C) groups is 1. The Hall–Kier alpha value is -3.37. The molecule has 3 aromatic rings. The van der Waals surface area contributed by atoms with E-state index in [0.717, 1.165) is 48.4 Å². The predicted octanol–water partition coefficient (Wildman–Crippen LogP) is 5.01. The van der Waals surface area contributed by atoms with Crippen molar-refractivity contribution in [1.29, 1.82) is 0 Å². The van der Waals surface area contributed by atoms with E-state index in [1.165, 1.54) is 17.8 Å². The van der Waals surface area contributed by atoms with Crippen LogP contribution >= 0.6 is 11.8 Å². The average Bonchev–Trinajstić information content (AvgIpc) is 3.42. The van der Waals surface area contributed by atoms with Crippen molar-refractivity contribution >= 4 is 45.4 Å². The maximum Gasteiger partial charge on any atom is 0.416 e. The fourth-order valence-electron chi connectivity index (χ4n) is 4.27. The van der Waals surface area contributed by atoms with Gasteiger partial charge in [-0.15, -0.1) is 0 Å². The van der Waals surface area contributed by atoms with Gasteiger partial charge in [-0.3, -0.25) is 9.48 Å². The van der Waals surface area contributed by atoms with Crippen LogP contribution in [0.2, 0.25) is 0 Å². The lowest BCUT2D eigenvalue weighted by atomic mass is 10.00. The van der Waals surface area contributed by atoms with E-state index in [9.17, 15) is 18.0 Å². The van der Waals surface area contributed by atoms with Gasteiger partial charge in [0.25, 0.3) is 5.91 Å². The van der Waals surface area contributed by atoms with Gasteiger partial charge < -0.3 is 10.2 Å². The normalized spacial score (nSPS) is 17.8. The molecule has 0 aliphatic carbocycles. The molecule has 0 atom stereocenters. The zero-order valence-electron chi connectivity index (χ0n) is 19.6.